The second kappa shape index (κ2) is 8.29. The fourth-order valence-corrected chi connectivity index (χ4v) is 2.87. The lowest BCUT2D eigenvalue weighted by molar-refractivity contribution is -0.141. The SMILES string of the molecule is CC(CN(C)Cc1csc(COc2ccc(Cl)cc2)n1)C(=O)O. The third-order valence-electron chi connectivity index (χ3n) is 3.21. The zero-order valence-electron chi connectivity index (χ0n) is 13.0. The van der Waals surface area contributed by atoms with Crippen molar-refractivity contribution >= 4 is 28.9 Å². The average molecular weight is 355 g/mol. The number of hydrogen-bond acceptors (Lipinski definition) is 5. The van der Waals surface area contributed by atoms with E-state index in [0.29, 0.717) is 24.7 Å². The predicted octanol–water partition coefficient (Wildman–Crippen LogP) is 3.53. The summed E-state index contributed by atoms with van der Waals surface area (Å²) in [6.07, 6.45) is 0. The van der Waals surface area contributed by atoms with Gasteiger partial charge in [0.2, 0.25) is 0 Å². The molecule has 7 heteroatoms. The molecule has 23 heavy (non-hydrogen) atoms. The first-order valence-corrected chi connectivity index (χ1v) is 8.43. The second-order valence-electron chi connectivity index (χ2n) is 5.41. The summed E-state index contributed by atoms with van der Waals surface area (Å²) >= 11 is 7.36. The summed E-state index contributed by atoms with van der Waals surface area (Å²) in [6.45, 7) is 3.21. The molecule has 1 aromatic heterocycles. The molecule has 0 aliphatic rings. The first-order valence-electron chi connectivity index (χ1n) is 7.17. The highest BCUT2D eigenvalue weighted by molar-refractivity contribution is 7.09. The molecule has 0 radical (unpaired) electrons. The monoisotopic (exact) mass is 354 g/mol. The van der Waals surface area contributed by atoms with E-state index in [1.165, 1.54) is 11.3 Å². The molecule has 0 saturated carbocycles. The highest BCUT2D eigenvalue weighted by Crippen LogP contribution is 2.18. The van der Waals surface area contributed by atoms with Crippen LogP contribution in [-0.4, -0.2) is 34.6 Å². The van der Waals surface area contributed by atoms with Gasteiger partial charge in [-0.1, -0.05) is 18.5 Å². The van der Waals surface area contributed by atoms with Gasteiger partial charge in [-0.05, 0) is 31.3 Å². The van der Waals surface area contributed by atoms with E-state index in [4.69, 9.17) is 21.4 Å². The van der Waals surface area contributed by atoms with Crippen LogP contribution in [0.2, 0.25) is 5.02 Å². The van der Waals surface area contributed by atoms with Gasteiger partial charge >= 0.3 is 5.97 Å². The van der Waals surface area contributed by atoms with Crippen molar-refractivity contribution < 1.29 is 14.6 Å². The molecule has 124 valence electrons. The molecule has 0 aliphatic heterocycles. The van der Waals surface area contributed by atoms with E-state index in [1.54, 1.807) is 19.1 Å². The van der Waals surface area contributed by atoms with Gasteiger partial charge in [-0.15, -0.1) is 11.3 Å². The highest BCUT2D eigenvalue weighted by Gasteiger charge is 2.14. The number of carbonyl (C=O) groups is 1. The number of thiazole rings is 1. The Bertz CT molecular complexity index is 645. The Labute approximate surface area is 144 Å². The van der Waals surface area contributed by atoms with Gasteiger partial charge in [0, 0.05) is 23.5 Å². The number of aliphatic carboxylic acids is 1. The molecule has 1 heterocycles. The summed E-state index contributed by atoms with van der Waals surface area (Å²) in [6, 6.07) is 7.20. The van der Waals surface area contributed by atoms with Crippen molar-refractivity contribution in [2.75, 3.05) is 13.6 Å². The lowest BCUT2D eigenvalue weighted by atomic mass is 10.2. The van der Waals surface area contributed by atoms with Crippen LogP contribution in [0.3, 0.4) is 0 Å². The maximum atomic E-state index is 10.9. The summed E-state index contributed by atoms with van der Waals surface area (Å²) in [4.78, 5) is 17.3. The Morgan fingerprint density at radius 3 is 2.78 bits per heavy atom. The zero-order valence-corrected chi connectivity index (χ0v) is 14.6. The predicted molar refractivity (Wildman–Crippen MR) is 91.0 cm³/mol. The maximum Gasteiger partial charge on any atom is 0.307 e. The van der Waals surface area contributed by atoms with Crippen LogP contribution in [0, 0.1) is 5.92 Å². The van der Waals surface area contributed by atoms with E-state index in [-0.39, 0.29) is 0 Å². The topological polar surface area (TPSA) is 62.7 Å². The number of nitrogens with zero attached hydrogens (tertiary/aromatic N) is 2. The van der Waals surface area contributed by atoms with E-state index >= 15 is 0 Å². The van der Waals surface area contributed by atoms with E-state index in [1.807, 2.05) is 29.5 Å². The third-order valence-corrected chi connectivity index (χ3v) is 4.34. The van der Waals surface area contributed by atoms with Crippen molar-refractivity contribution in [3.8, 4) is 5.75 Å². The number of benzene rings is 1. The van der Waals surface area contributed by atoms with Gasteiger partial charge in [0.25, 0.3) is 0 Å². The minimum atomic E-state index is -0.785. The van der Waals surface area contributed by atoms with Crippen molar-refractivity contribution in [1.29, 1.82) is 0 Å². The molecular formula is C16H19ClN2O3S. The summed E-state index contributed by atoms with van der Waals surface area (Å²) in [5, 5.41) is 12.5. The third kappa shape index (κ3) is 5.82. The van der Waals surface area contributed by atoms with E-state index in [0.717, 1.165) is 16.5 Å². The van der Waals surface area contributed by atoms with Gasteiger partial charge in [0.15, 0.2) is 0 Å². The van der Waals surface area contributed by atoms with Gasteiger partial charge in [-0.25, -0.2) is 4.98 Å². The fourth-order valence-electron chi connectivity index (χ4n) is 2.05. The Morgan fingerprint density at radius 2 is 2.13 bits per heavy atom. The summed E-state index contributed by atoms with van der Waals surface area (Å²) in [5.41, 5.74) is 0.921. The number of rotatable bonds is 8. The van der Waals surface area contributed by atoms with Gasteiger partial charge < -0.3 is 9.84 Å². The molecule has 1 N–H and O–H groups in total. The minimum absolute atomic E-state index is 0.397. The quantitative estimate of drug-likeness (QED) is 0.785. The first-order chi connectivity index (χ1) is 10.9. The normalized spacial score (nSPS) is 12.3. The number of hydrogen-bond donors (Lipinski definition) is 1. The summed E-state index contributed by atoms with van der Waals surface area (Å²) in [7, 11) is 1.89. The lowest BCUT2D eigenvalue weighted by Gasteiger charge is -2.17. The summed E-state index contributed by atoms with van der Waals surface area (Å²) in [5.74, 6) is -0.433. The smallest absolute Gasteiger partial charge is 0.307 e. The average Bonchev–Trinajstić information content (AvgIpc) is 2.93. The molecule has 1 unspecified atom stereocenters. The molecule has 0 amide bonds. The molecule has 0 fully saturated rings. The fraction of sp³-hybridized carbons (Fsp3) is 0.375. The van der Waals surface area contributed by atoms with Crippen molar-refractivity contribution in [3.05, 3.63) is 45.4 Å². The molecular weight excluding hydrogens is 336 g/mol. The molecule has 0 saturated heterocycles. The van der Waals surface area contributed by atoms with Crippen LogP contribution in [0.25, 0.3) is 0 Å². The standard InChI is InChI=1S/C16H19ClN2O3S/c1-11(16(20)21)7-19(2)8-13-10-23-15(18-13)9-22-14-5-3-12(17)4-6-14/h3-6,10-11H,7-9H2,1-2H3,(H,20,21). The van der Waals surface area contributed by atoms with Gasteiger partial charge in [0.05, 0.1) is 11.6 Å². The molecule has 0 spiro atoms. The lowest BCUT2D eigenvalue weighted by Crippen LogP contribution is -2.28. The van der Waals surface area contributed by atoms with Crippen molar-refractivity contribution in [1.82, 2.24) is 9.88 Å². The van der Waals surface area contributed by atoms with Crippen LogP contribution in [0.15, 0.2) is 29.6 Å². The molecule has 2 rings (SSSR count). The van der Waals surface area contributed by atoms with Gasteiger partial charge in [0.1, 0.15) is 17.4 Å². The van der Waals surface area contributed by atoms with Crippen LogP contribution in [0.1, 0.15) is 17.6 Å². The number of ether oxygens (including phenoxy) is 1. The number of carboxylic acid groups (broad SMARTS) is 1. The Morgan fingerprint density at radius 1 is 1.43 bits per heavy atom. The first kappa shape index (κ1) is 17.7. The number of aromatic nitrogens is 1. The highest BCUT2D eigenvalue weighted by atomic mass is 35.5. The van der Waals surface area contributed by atoms with Crippen LogP contribution in [0.5, 0.6) is 5.75 Å². The van der Waals surface area contributed by atoms with Crippen molar-refractivity contribution in [2.24, 2.45) is 5.92 Å². The van der Waals surface area contributed by atoms with Crippen LogP contribution in [-0.2, 0) is 17.9 Å². The molecule has 1 atom stereocenters. The van der Waals surface area contributed by atoms with E-state index < -0.39 is 11.9 Å². The van der Waals surface area contributed by atoms with E-state index in [2.05, 4.69) is 4.98 Å². The Hall–Kier alpha value is -1.63. The van der Waals surface area contributed by atoms with Gasteiger partial charge in [-0.3, -0.25) is 9.69 Å². The van der Waals surface area contributed by atoms with E-state index in [9.17, 15) is 4.79 Å². The molecule has 2 aromatic rings. The number of carboxylic acids is 1. The Balaban J connectivity index is 1.83. The van der Waals surface area contributed by atoms with Crippen LogP contribution < -0.4 is 4.74 Å². The Kier molecular flexibility index (Phi) is 6.38. The molecule has 5 nitrogen and oxygen atoms in total. The largest absolute Gasteiger partial charge is 0.486 e. The van der Waals surface area contributed by atoms with Crippen molar-refractivity contribution in [2.45, 2.75) is 20.1 Å². The summed E-state index contributed by atoms with van der Waals surface area (Å²) < 4.78 is 5.66. The second-order valence-corrected chi connectivity index (χ2v) is 6.79. The molecule has 1 aromatic carbocycles. The molecule has 0 aliphatic carbocycles. The zero-order chi connectivity index (χ0) is 16.8. The molecule has 0 bridgehead atoms. The van der Waals surface area contributed by atoms with Crippen molar-refractivity contribution in [3.63, 3.8) is 0 Å². The maximum absolute atomic E-state index is 10.9. The number of halogens is 1. The van der Waals surface area contributed by atoms with Crippen LogP contribution >= 0.6 is 22.9 Å². The van der Waals surface area contributed by atoms with Gasteiger partial charge in [-0.2, -0.15) is 0 Å². The van der Waals surface area contributed by atoms with Crippen LogP contribution in [0.4, 0.5) is 0 Å². The minimum Gasteiger partial charge on any atom is -0.486 e.